The highest BCUT2D eigenvalue weighted by atomic mass is 16.5. The Hall–Kier alpha value is -6.72. The molecule has 0 atom stereocenters. The maximum Gasteiger partial charge on any atom is 0.135 e. The van der Waals surface area contributed by atoms with Crippen molar-refractivity contribution in [2.24, 2.45) is 0 Å². The maximum absolute atomic E-state index is 10.1. The van der Waals surface area contributed by atoms with Crippen molar-refractivity contribution in [3.63, 3.8) is 0 Å². The number of ether oxygens (including phenoxy) is 2. The van der Waals surface area contributed by atoms with E-state index in [-0.39, 0.29) is 26.4 Å². The zero-order chi connectivity index (χ0) is 38.6. The molecule has 1 aliphatic rings. The molecule has 8 aromatic carbocycles. The van der Waals surface area contributed by atoms with Crippen LogP contribution in [0.1, 0.15) is 22.3 Å². The minimum atomic E-state index is -0.807. The number of benzene rings is 8. The fraction of sp³-hybridized carbons (Fsp3) is 0.0943. The van der Waals surface area contributed by atoms with E-state index in [1.807, 2.05) is 24.3 Å². The summed E-state index contributed by atoms with van der Waals surface area (Å²) in [5, 5.41) is 20.1. The van der Waals surface area contributed by atoms with Gasteiger partial charge < -0.3 is 19.7 Å². The van der Waals surface area contributed by atoms with Crippen LogP contribution in [-0.2, 0) is 5.41 Å². The maximum atomic E-state index is 10.1. The molecular weight excluding hydrogens is 701 g/mol. The smallest absolute Gasteiger partial charge is 0.135 e. The molecule has 0 saturated heterocycles. The van der Waals surface area contributed by atoms with Gasteiger partial charge in [-0.3, -0.25) is 0 Å². The summed E-state index contributed by atoms with van der Waals surface area (Å²) in [4.78, 5) is 0. The molecule has 4 nitrogen and oxygen atoms in total. The molecular formula is C53H42O4. The molecule has 278 valence electrons. The summed E-state index contributed by atoms with van der Waals surface area (Å²) in [6.45, 7) is 0.103. The van der Waals surface area contributed by atoms with Crippen LogP contribution in [0.5, 0.6) is 11.5 Å². The molecule has 57 heavy (non-hydrogen) atoms. The van der Waals surface area contributed by atoms with Crippen LogP contribution in [0.4, 0.5) is 0 Å². The van der Waals surface area contributed by atoms with E-state index in [9.17, 15) is 10.2 Å². The summed E-state index contributed by atoms with van der Waals surface area (Å²) in [5.41, 5.74) is 13.9. The van der Waals surface area contributed by atoms with Crippen molar-refractivity contribution < 1.29 is 19.7 Å². The van der Waals surface area contributed by atoms with Gasteiger partial charge in [-0.1, -0.05) is 170 Å². The second-order valence-corrected chi connectivity index (χ2v) is 14.3. The van der Waals surface area contributed by atoms with E-state index >= 15 is 0 Å². The van der Waals surface area contributed by atoms with Crippen molar-refractivity contribution in [3.8, 4) is 67.1 Å². The van der Waals surface area contributed by atoms with Crippen molar-refractivity contribution in [1.29, 1.82) is 0 Å². The van der Waals surface area contributed by atoms with Crippen LogP contribution in [0, 0.1) is 0 Å². The van der Waals surface area contributed by atoms with Crippen LogP contribution in [0.25, 0.3) is 55.6 Å². The van der Waals surface area contributed by atoms with Crippen molar-refractivity contribution in [2.45, 2.75) is 5.41 Å². The van der Waals surface area contributed by atoms with Crippen molar-refractivity contribution in [3.05, 3.63) is 216 Å². The Morgan fingerprint density at radius 2 is 0.614 bits per heavy atom. The van der Waals surface area contributed by atoms with Gasteiger partial charge in [0.1, 0.15) is 24.7 Å². The fourth-order valence-corrected chi connectivity index (χ4v) is 8.65. The summed E-state index contributed by atoms with van der Waals surface area (Å²) in [6.07, 6.45) is 0. The van der Waals surface area contributed by atoms with Gasteiger partial charge in [0.2, 0.25) is 0 Å². The average Bonchev–Trinajstić information content (AvgIpc) is 3.59. The summed E-state index contributed by atoms with van der Waals surface area (Å²) in [6, 6.07) is 68.3. The topological polar surface area (TPSA) is 58.9 Å². The standard InChI is InChI=1S/C53H42O4/c54-29-31-56-51-45(37-17-5-1-6-18-37)33-41(34-46(51)38-19-7-2-8-20-38)53(49-27-15-13-25-43(49)44-26-14-16-28-50(44)53)42-35-47(39-21-9-3-10-22-39)52(57-32-30-55)48(36-42)40-23-11-4-12-24-40/h1-28,33-36,54-55H,29-32H2. The molecule has 0 saturated carbocycles. The van der Waals surface area contributed by atoms with Crippen LogP contribution in [0.2, 0.25) is 0 Å². The number of aliphatic hydroxyl groups excluding tert-OH is 2. The van der Waals surface area contributed by atoms with Gasteiger partial charge in [0.15, 0.2) is 0 Å². The van der Waals surface area contributed by atoms with Crippen LogP contribution >= 0.6 is 0 Å². The predicted molar refractivity (Wildman–Crippen MR) is 231 cm³/mol. The van der Waals surface area contributed by atoms with E-state index < -0.39 is 5.41 Å². The van der Waals surface area contributed by atoms with Crippen molar-refractivity contribution in [1.82, 2.24) is 0 Å². The first-order chi connectivity index (χ1) is 28.2. The molecule has 0 fully saturated rings. The third-order valence-corrected chi connectivity index (χ3v) is 11.0. The Morgan fingerprint density at radius 3 is 0.912 bits per heavy atom. The quantitative estimate of drug-likeness (QED) is 0.131. The van der Waals surface area contributed by atoms with E-state index in [0.717, 1.165) is 67.1 Å². The minimum Gasteiger partial charge on any atom is -0.490 e. The zero-order valence-corrected chi connectivity index (χ0v) is 31.5. The Morgan fingerprint density at radius 1 is 0.333 bits per heavy atom. The average molecular weight is 743 g/mol. The third kappa shape index (κ3) is 6.39. The number of hydrogen-bond acceptors (Lipinski definition) is 4. The van der Waals surface area contributed by atoms with E-state index in [0.29, 0.717) is 0 Å². The molecule has 9 rings (SSSR count). The van der Waals surface area contributed by atoms with Crippen molar-refractivity contribution in [2.75, 3.05) is 26.4 Å². The van der Waals surface area contributed by atoms with Gasteiger partial charge in [-0.15, -0.1) is 0 Å². The predicted octanol–water partition coefficient (Wildman–Crippen LogP) is 11.5. The Labute approximate surface area is 333 Å². The van der Waals surface area contributed by atoms with Crippen molar-refractivity contribution >= 4 is 0 Å². The molecule has 0 radical (unpaired) electrons. The molecule has 2 N–H and O–H groups in total. The minimum absolute atomic E-state index is 0.107. The lowest BCUT2D eigenvalue weighted by molar-refractivity contribution is 0.202. The first kappa shape index (κ1) is 35.9. The lowest BCUT2D eigenvalue weighted by atomic mass is 9.66. The van der Waals surface area contributed by atoms with Gasteiger partial charge in [0.25, 0.3) is 0 Å². The lowest BCUT2D eigenvalue weighted by Crippen LogP contribution is -2.29. The number of rotatable bonds is 12. The molecule has 0 amide bonds. The first-order valence-electron chi connectivity index (χ1n) is 19.5. The fourth-order valence-electron chi connectivity index (χ4n) is 8.65. The normalized spacial score (nSPS) is 12.5. The summed E-state index contributed by atoms with van der Waals surface area (Å²) in [7, 11) is 0. The number of aliphatic hydroxyl groups is 2. The van der Waals surface area contributed by atoms with Gasteiger partial charge >= 0.3 is 0 Å². The van der Waals surface area contributed by atoms with Gasteiger partial charge in [0.05, 0.1) is 18.6 Å². The number of hydrogen-bond donors (Lipinski definition) is 2. The molecule has 4 heteroatoms. The van der Waals surface area contributed by atoms with Gasteiger partial charge in [-0.25, -0.2) is 0 Å². The second kappa shape index (κ2) is 15.8. The van der Waals surface area contributed by atoms with Gasteiger partial charge in [-0.05, 0) is 79.9 Å². The highest BCUT2D eigenvalue weighted by Gasteiger charge is 2.47. The molecule has 0 spiro atoms. The van der Waals surface area contributed by atoms with Crippen LogP contribution in [0.3, 0.4) is 0 Å². The van der Waals surface area contributed by atoms with E-state index in [1.54, 1.807) is 0 Å². The Bertz CT molecular complexity index is 2330. The van der Waals surface area contributed by atoms with Crippen LogP contribution < -0.4 is 9.47 Å². The zero-order valence-electron chi connectivity index (χ0n) is 31.5. The van der Waals surface area contributed by atoms with Crippen LogP contribution in [-0.4, -0.2) is 36.6 Å². The molecule has 0 aliphatic heterocycles. The summed E-state index contributed by atoms with van der Waals surface area (Å²) in [5.74, 6) is 1.45. The number of fused-ring (bicyclic) bond motifs is 3. The van der Waals surface area contributed by atoms with Gasteiger partial charge in [-0.2, -0.15) is 0 Å². The van der Waals surface area contributed by atoms with Crippen LogP contribution in [0.15, 0.2) is 194 Å². The Kier molecular flexibility index (Phi) is 9.96. The molecule has 0 unspecified atom stereocenters. The Balaban J connectivity index is 1.47. The second-order valence-electron chi connectivity index (χ2n) is 14.3. The van der Waals surface area contributed by atoms with Gasteiger partial charge in [0, 0.05) is 22.3 Å². The molecule has 0 aromatic heterocycles. The largest absolute Gasteiger partial charge is 0.490 e. The molecule has 0 heterocycles. The highest BCUT2D eigenvalue weighted by molar-refractivity contribution is 5.92. The molecule has 8 aromatic rings. The monoisotopic (exact) mass is 742 g/mol. The lowest BCUT2D eigenvalue weighted by Gasteiger charge is -2.36. The first-order valence-corrected chi connectivity index (χ1v) is 19.5. The molecule has 1 aliphatic carbocycles. The molecule has 0 bridgehead atoms. The van der Waals surface area contributed by atoms with E-state index in [4.69, 9.17) is 9.47 Å². The summed E-state index contributed by atoms with van der Waals surface area (Å²) < 4.78 is 13.1. The highest BCUT2D eigenvalue weighted by Crippen LogP contribution is 2.59. The van der Waals surface area contributed by atoms with E-state index in [2.05, 4.69) is 170 Å². The summed E-state index contributed by atoms with van der Waals surface area (Å²) >= 11 is 0. The SMILES string of the molecule is OCCOc1c(-c2ccccc2)cc(C2(c3cc(-c4ccccc4)c(OCCO)c(-c4ccccc4)c3)c3ccccc3-c3ccccc32)cc1-c1ccccc1. The van der Waals surface area contributed by atoms with E-state index in [1.165, 1.54) is 22.3 Å². The third-order valence-electron chi connectivity index (χ3n) is 11.0.